The van der Waals surface area contributed by atoms with Crippen LogP contribution in [0.25, 0.3) is 0 Å². The fraction of sp³-hybridized carbons (Fsp3) is 0.455. The Hall–Kier alpha value is -1.13. The first-order chi connectivity index (χ1) is 7.18. The number of phenols is 1. The highest BCUT2D eigenvalue weighted by molar-refractivity contribution is 5.38. The van der Waals surface area contributed by atoms with E-state index < -0.39 is 0 Å². The van der Waals surface area contributed by atoms with E-state index in [4.69, 9.17) is 4.74 Å². The van der Waals surface area contributed by atoms with Gasteiger partial charge in [-0.15, -0.1) is 0 Å². The fourth-order valence-corrected chi connectivity index (χ4v) is 1.67. The van der Waals surface area contributed by atoms with Crippen molar-refractivity contribution in [1.29, 1.82) is 0 Å². The summed E-state index contributed by atoms with van der Waals surface area (Å²) in [6.07, 6.45) is 0. The van der Waals surface area contributed by atoms with Crippen LogP contribution in [0.2, 0.25) is 0 Å². The van der Waals surface area contributed by atoms with E-state index in [9.17, 15) is 9.50 Å². The van der Waals surface area contributed by atoms with Crippen LogP contribution in [0, 0.1) is 12.7 Å². The van der Waals surface area contributed by atoms with Crippen LogP contribution < -0.4 is 5.32 Å². The van der Waals surface area contributed by atoms with Crippen molar-refractivity contribution in [2.24, 2.45) is 0 Å². The van der Waals surface area contributed by atoms with E-state index in [1.165, 1.54) is 6.07 Å². The molecule has 15 heavy (non-hydrogen) atoms. The van der Waals surface area contributed by atoms with Gasteiger partial charge in [0.25, 0.3) is 0 Å². The predicted molar refractivity (Wildman–Crippen MR) is 54.4 cm³/mol. The molecule has 0 saturated carbocycles. The number of aromatic hydroxyl groups is 1. The number of nitrogens with one attached hydrogen (secondary N) is 1. The van der Waals surface area contributed by atoms with Gasteiger partial charge < -0.3 is 15.2 Å². The van der Waals surface area contributed by atoms with E-state index in [1.807, 2.05) is 0 Å². The molecular formula is C11H14FNO2. The smallest absolute Gasteiger partial charge is 0.130 e. The van der Waals surface area contributed by atoms with Crippen molar-refractivity contribution in [3.8, 4) is 5.75 Å². The molecule has 82 valence electrons. The molecule has 1 fully saturated rings. The molecular weight excluding hydrogens is 197 g/mol. The molecule has 1 atom stereocenters. The Morgan fingerprint density at radius 3 is 2.93 bits per heavy atom. The zero-order valence-electron chi connectivity index (χ0n) is 8.59. The summed E-state index contributed by atoms with van der Waals surface area (Å²) in [5, 5.41) is 12.7. The van der Waals surface area contributed by atoms with Gasteiger partial charge in [-0.2, -0.15) is 0 Å². The number of rotatable bonds is 1. The van der Waals surface area contributed by atoms with E-state index in [0.29, 0.717) is 13.2 Å². The highest BCUT2D eigenvalue weighted by Gasteiger charge is 2.17. The van der Waals surface area contributed by atoms with Crippen molar-refractivity contribution in [3.05, 3.63) is 29.1 Å². The highest BCUT2D eigenvalue weighted by atomic mass is 19.1. The van der Waals surface area contributed by atoms with Gasteiger partial charge in [0.1, 0.15) is 11.6 Å². The molecule has 3 nitrogen and oxygen atoms in total. The zero-order valence-corrected chi connectivity index (χ0v) is 8.59. The maximum atomic E-state index is 13.4. The number of hydrogen-bond acceptors (Lipinski definition) is 3. The van der Waals surface area contributed by atoms with Crippen molar-refractivity contribution >= 4 is 0 Å². The van der Waals surface area contributed by atoms with E-state index in [-0.39, 0.29) is 23.2 Å². The zero-order chi connectivity index (χ0) is 10.8. The third kappa shape index (κ3) is 2.11. The van der Waals surface area contributed by atoms with Gasteiger partial charge >= 0.3 is 0 Å². The molecule has 1 aromatic carbocycles. The minimum absolute atomic E-state index is 0.00243. The number of ether oxygens (including phenoxy) is 1. The Balaban J connectivity index is 2.27. The first kappa shape index (κ1) is 10.4. The second kappa shape index (κ2) is 4.16. The molecule has 0 spiro atoms. The van der Waals surface area contributed by atoms with E-state index in [2.05, 4.69) is 5.32 Å². The minimum Gasteiger partial charge on any atom is -0.508 e. The first-order valence-corrected chi connectivity index (χ1v) is 4.98. The summed E-state index contributed by atoms with van der Waals surface area (Å²) in [7, 11) is 0. The molecule has 1 heterocycles. The van der Waals surface area contributed by atoms with Crippen LogP contribution in [0.5, 0.6) is 5.75 Å². The average molecular weight is 211 g/mol. The summed E-state index contributed by atoms with van der Waals surface area (Å²) in [5.41, 5.74) is 1.02. The van der Waals surface area contributed by atoms with Gasteiger partial charge in [-0.3, -0.25) is 0 Å². The molecule has 0 bridgehead atoms. The quantitative estimate of drug-likeness (QED) is 0.739. The van der Waals surface area contributed by atoms with Crippen LogP contribution in [0.4, 0.5) is 4.39 Å². The Kier molecular flexibility index (Phi) is 2.88. The van der Waals surface area contributed by atoms with E-state index in [0.717, 1.165) is 12.1 Å². The normalized spacial score (nSPS) is 21.6. The summed E-state index contributed by atoms with van der Waals surface area (Å²) in [6, 6.07) is 3.01. The van der Waals surface area contributed by atoms with Crippen molar-refractivity contribution < 1.29 is 14.2 Å². The molecule has 0 aliphatic carbocycles. The van der Waals surface area contributed by atoms with Crippen LogP contribution in [-0.2, 0) is 4.74 Å². The van der Waals surface area contributed by atoms with Gasteiger partial charge in [0.2, 0.25) is 0 Å². The summed E-state index contributed by atoms with van der Waals surface area (Å²) in [5.74, 6) is -0.380. The van der Waals surface area contributed by atoms with Gasteiger partial charge in [-0.1, -0.05) is 0 Å². The Bertz CT molecular complexity index is 339. The van der Waals surface area contributed by atoms with Gasteiger partial charge in [0.15, 0.2) is 0 Å². The van der Waals surface area contributed by atoms with Gasteiger partial charge in [-0.25, -0.2) is 4.39 Å². The molecule has 4 heteroatoms. The molecule has 2 N–H and O–H groups in total. The van der Waals surface area contributed by atoms with Crippen LogP contribution in [0.3, 0.4) is 0 Å². The van der Waals surface area contributed by atoms with Crippen molar-refractivity contribution in [2.75, 3.05) is 19.8 Å². The maximum absolute atomic E-state index is 13.4. The minimum atomic E-state index is -0.377. The molecule has 0 aromatic heterocycles. The van der Waals surface area contributed by atoms with Crippen molar-refractivity contribution in [1.82, 2.24) is 5.32 Å². The predicted octanol–water partition coefficient (Wildman–Crippen LogP) is 1.50. The number of benzene rings is 1. The lowest BCUT2D eigenvalue weighted by atomic mass is 10.0. The monoisotopic (exact) mass is 211 g/mol. The Morgan fingerprint density at radius 2 is 2.33 bits per heavy atom. The second-order valence-electron chi connectivity index (χ2n) is 3.73. The largest absolute Gasteiger partial charge is 0.508 e. The summed E-state index contributed by atoms with van der Waals surface area (Å²) >= 11 is 0. The molecule has 1 saturated heterocycles. The number of morpholine rings is 1. The topological polar surface area (TPSA) is 41.5 Å². The van der Waals surface area contributed by atoms with Crippen molar-refractivity contribution in [3.63, 3.8) is 0 Å². The van der Waals surface area contributed by atoms with E-state index in [1.54, 1.807) is 13.0 Å². The third-order valence-corrected chi connectivity index (χ3v) is 2.66. The molecule has 0 radical (unpaired) electrons. The Morgan fingerprint density at radius 1 is 1.53 bits per heavy atom. The standard InChI is InChI=1S/C11H14FNO2/c1-7-9(12)4-8(5-11(7)14)10-6-15-3-2-13-10/h4-5,10,13-14H,2-3,6H2,1H3. The number of phenolic OH excluding ortho intramolecular Hbond substituents is 1. The fourth-order valence-electron chi connectivity index (χ4n) is 1.67. The third-order valence-electron chi connectivity index (χ3n) is 2.66. The van der Waals surface area contributed by atoms with Crippen LogP contribution in [-0.4, -0.2) is 24.9 Å². The molecule has 0 amide bonds. The lowest BCUT2D eigenvalue weighted by molar-refractivity contribution is 0.0767. The molecule has 1 aliphatic rings. The SMILES string of the molecule is Cc1c(O)cc(C2COCCN2)cc1F. The summed E-state index contributed by atoms with van der Waals surface area (Å²) < 4.78 is 18.6. The second-order valence-corrected chi connectivity index (χ2v) is 3.73. The number of halogens is 1. The van der Waals surface area contributed by atoms with Gasteiger partial charge in [0.05, 0.1) is 19.3 Å². The van der Waals surface area contributed by atoms with Gasteiger partial charge in [-0.05, 0) is 24.6 Å². The highest BCUT2D eigenvalue weighted by Crippen LogP contribution is 2.26. The van der Waals surface area contributed by atoms with Gasteiger partial charge in [0, 0.05) is 12.1 Å². The summed E-state index contributed by atoms with van der Waals surface area (Å²) in [4.78, 5) is 0. The molecule has 2 rings (SSSR count). The maximum Gasteiger partial charge on any atom is 0.130 e. The number of hydrogen-bond donors (Lipinski definition) is 2. The molecule has 1 aromatic rings. The Labute approximate surface area is 87.9 Å². The molecule has 1 aliphatic heterocycles. The van der Waals surface area contributed by atoms with E-state index >= 15 is 0 Å². The molecule has 1 unspecified atom stereocenters. The van der Waals surface area contributed by atoms with Crippen LogP contribution in [0.15, 0.2) is 12.1 Å². The van der Waals surface area contributed by atoms with Crippen LogP contribution >= 0.6 is 0 Å². The van der Waals surface area contributed by atoms with Crippen LogP contribution in [0.1, 0.15) is 17.2 Å². The summed E-state index contributed by atoms with van der Waals surface area (Å²) in [6.45, 7) is 3.50. The lowest BCUT2D eigenvalue weighted by Gasteiger charge is -2.24. The van der Waals surface area contributed by atoms with Crippen molar-refractivity contribution in [2.45, 2.75) is 13.0 Å². The first-order valence-electron chi connectivity index (χ1n) is 4.98. The average Bonchev–Trinajstić information content (AvgIpc) is 2.26. The lowest BCUT2D eigenvalue weighted by Crippen LogP contribution is -2.34.